The lowest BCUT2D eigenvalue weighted by Gasteiger charge is -2.37. The van der Waals surface area contributed by atoms with Crippen LogP contribution in [0.5, 0.6) is 5.75 Å². The van der Waals surface area contributed by atoms with Crippen molar-refractivity contribution in [3.63, 3.8) is 0 Å². The van der Waals surface area contributed by atoms with E-state index in [1.165, 1.54) is 33.7 Å². The number of nitrogens with zero attached hydrogens (tertiary/aromatic N) is 2. The van der Waals surface area contributed by atoms with Gasteiger partial charge in [-0.15, -0.1) is 11.3 Å². The third-order valence-electron chi connectivity index (χ3n) is 6.54. The average molecular weight is 478 g/mol. The van der Waals surface area contributed by atoms with E-state index in [0.29, 0.717) is 13.2 Å². The number of rotatable bonds is 9. The molecule has 0 aliphatic carbocycles. The van der Waals surface area contributed by atoms with Gasteiger partial charge in [0.05, 0.1) is 11.5 Å². The molecule has 0 bridgehead atoms. The summed E-state index contributed by atoms with van der Waals surface area (Å²) >= 11 is 1.48. The second-order valence-corrected chi connectivity index (χ2v) is 9.94. The molecule has 1 fully saturated rings. The molecule has 1 aliphatic heterocycles. The number of piperazine rings is 1. The Morgan fingerprint density at radius 1 is 1.00 bits per heavy atom. The van der Waals surface area contributed by atoms with Gasteiger partial charge in [0.25, 0.3) is 5.91 Å². The maximum Gasteiger partial charge on any atom is 0.261 e. The van der Waals surface area contributed by atoms with Gasteiger partial charge in [0.1, 0.15) is 5.75 Å². The van der Waals surface area contributed by atoms with Crippen molar-refractivity contribution >= 4 is 22.9 Å². The first-order valence-electron chi connectivity index (χ1n) is 12.1. The quantitative estimate of drug-likeness (QED) is 0.431. The van der Waals surface area contributed by atoms with Gasteiger partial charge in [-0.3, -0.25) is 9.69 Å². The number of hydrogen-bond acceptors (Lipinski definition) is 5. The number of benzene rings is 2. The minimum Gasteiger partial charge on any atom is -0.494 e. The summed E-state index contributed by atoms with van der Waals surface area (Å²) < 4.78 is 5.96. The molecule has 180 valence electrons. The van der Waals surface area contributed by atoms with Crippen molar-refractivity contribution in [2.24, 2.45) is 0 Å². The van der Waals surface area contributed by atoms with Gasteiger partial charge in [-0.25, -0.2) is 0 Å². The number of anilines is 1. The Bertz CT molecular complexity index is 1100. The first kappa shape index (κ1) is 24.3. The monoisotopic (exact) mass is 477 g/mol. The molecule has 2 heterocycles. The second kappa shape index (κ2) is 11.5. The highest BCUT2D eigenvalue weighted by Crippen LogP contribution is 2.24. The molecular formula is C28H35N3O2S. The summed E-state index contributed by atoms with van der Waals surface area (Å²) in [6.45, 7) is 12.7. The molecule has 1 amide bonds. The summed E-state index contributed by atoms with van der Waals surface area (Å²) in [6.07, 6.45) is 0.778. The predicted molar refractivity (Wildman–Crippen MR) is 141 cm³/mol. The second-order valence-electron chi connectivity index (χ2n) is 9.02. The smallest absolute Gasteiger partial charge is 0.261 e. The van der Waals surface area contributed by atoms with Crippen molar-refractivity contribution in [2.45, 2.75) is 33.7 Å². The van der Waals surface area contributed by atoms with Gasteiger partial charge in [-0.2, -0.15) is 0 Å². The Morgan fingerprint density at radius 3 is 2.56 bits per heavy atom. The molecule has 0 saturated carbocycles. The molecule has 0 atom stereocenters. The molecule has 5 nitrogen and oxygen atoms in total. The fraction of sp³-hybridized carbons (Fsp3) is 0.393. The summed E-state index contributed by atoms with van der Waals surface area (Å²) in [5.41, 5.74) is 6.43. The van der Waals surface area contributed by atoms with Gasteiger partial charge in [0.2, 0.25) is 0 Å². The van der Waals surface area contributed by atoms with E-state index in [4.69, 9.17) is 4.74 Å². The molecule has 34 heavy (non-hydrogen) atoms. The maximum absolute atomic E-state index is 12.2. The Hall–Kier alpha value is -2.83. The van der Waals surface area contributed by atoms with Crippen LogP contribution in [0.4, 0.5) is 5.69 Å². The number of hydrogen-bond donors (Lipinski definition) is 1. The summed E-state index contributed by atoms with van der Waals surface area (Å²) in [5, 5.41) is 4.93. The lowest BCUT2D eigenvalue weighted by atomic mass is 10.1. The topological polar surface area (TPSA) is 44.8 Å². The number of carbonyl (C=O) groups excluding carboxylic acids is 1. The fourth-order valence-electron chi connectivity index (χ4n) is 4.37. The van der Waals surface area contributed by atoms with E-state index in [1.54, 1.807) is 0 Å². The van der Waals surface area contributed by atoms with E-state index >= 15 is 0 Å². The van der Waals surface area contributed by atoms with Crippen molar-refractivity contribution in [1.29, 1.82) is 0 Å². The molecule has 2 aromatic carbocycles. The fourth-order valence-corrected chi connectivity index (χ4v) is 5.21. The molecule has 1 N–H and O–H groups in total. The highest BCUT2D eigenvalue weighted by atomic mass is 32.1. The summed E-state index contributed by atoms with van der Waals surface area (Å²) in [7, 11) is 0. The van der Waals surface area contributed by atoms with Crippen molar-refractivity contribution in [3.05, 3.63) is 81.0 Å². The third-order valence-corrected chi connectivity index (χ3v) is 7.55. The molecule has 0 radical (unpaired) electrons. The number of ether oxygens (including phenoxy) is 1. The molecule has 4 rings (SSSR count). The number of amides is 1. The molecule has 1 aliphatic rings. The first-order chi connectivity index (χ1) is 16.5. The molecule has 1 aromatic heterocycles. The van der Waals surface area contributed by atoms with E-state index in [9.17, 15) is 4.79 Å². The first-order valence-corrected chi connectivity index (χ1v) is 13.0. The predicted octanol–water partition coefficient (Wildman–Crippen LogP) is 5.19. The molecule has 1 saturated heterocycles. The van der Waals surface area contributed by atoms with Crippen LogP contribution in [0.2, 0.25) is 0 Å². The largest absolute Gasteiger partial charge is 0.494 e. The summed E-state index contributed by atoms with van der Waals surface area (Å²) in [5.74, 6) is 0.902. The molecule has 0 spiro atoms. The molecule has 3 aromatic rings. The minimum absolute atomic E-state index is 0.00662. The van der Waals surface area contributed by atoms with Crippen molar-refractivity contribution in [3.8, 4) is 5.75 Å². The van der Waals surface area contributed by atoms with E-state index < -0.39 is 0 Å². The lowest BCUT2D eigenvalue weighted by Crippen LogP contribution is -2.46. The van der Waals surface area contributed by atoms with Crippen LogP contribution in [0.1, 0.15) is 38.3 Å². The maximum atomic E-state index is 12.2. The SMILES string of the molecule is Cc1ccsc1C(=O)NCCCOc1cccc(CN2CCN(c3cccc(C)c3C)CC2)c1. The highest BCUT2D eigenvalue weighted by molar-refractivity contribution is 7.12. The Morgan fingerprint density at radius 2 is 1.79 bits per heavy atom. The summed E-state index contributed by atoms with van der Waals surface area (Å²) in [4.78, 5) is 18.0. The Labute approximate surface area is 207 Å². The van der Waals surface area contributed by atoms with Crippen LogP contribution in [0.15, 0.2) is 53.9 Å². The van der Waals surface area contributed by atoms with Crippen LogP contribution >= 0.6 is 11.3 Å². The van der Waals surface area contributed by atoms with Crippen LogP contribution in [0.3, 0.4) is 0 Å². The van der Waals surface area contributed by atoms with E-state index in [-0.39, 0.29) is 5.91 Å². The van der Waals surface area contributed by atoms with E-state index in [0.717, 1.165) is 55.3 Å². The van der Waals surface area contributed by atoms with Gasteiger partial charge in [0.15, 0.2) is 0 Å². The highest BCUT2D eigenvalue weighted by Gasteiger charge is 2.19. The van der Waals surface area contributed by atoms with Gasteiger partial charge in [-0.1, -0.05) is 24.3 Å². The zero-order valence-corrected chi connectivity index (χ0v) is 21.3. The minimum atomic E-state index is 0.00662. The molecular weight excluding hydrogens is 442 g/mol. The van der Waals surface area contributed by atoms with Gasteiger partial charge in [-0.05, 0) is 79.1 Å². The van der Waals surface area contributed by atoms with Crippen LogP contribution in [0.25, 0.3) is 0 Å². The van der Waals surface area contributed by atoms with E-state index in [2.05, 4.69) is 65.4 Å². The van der Waals surface area contributed by atoms with E-state index in [1.807, 2.05) is 24.4 Å². The lowest BCUT2D eigenvalue weighted by molar-refractivity contribution is 0.0955. The molecule has 0 unspecified atom stereocenters. The van der Waals surface area contributed by atoms with Crippen molar-refractivity contribution in [2.75, 3.05) is 44.2 Å². The van der Waals surface area contributed by atoms with Gasteiger partial charge >= 0.3 is 0 Å². The number of thiophene rings is 1. The van der Waals surface area contributed by atoms with Crippen LogP contribution in [-0.2, 0) is 6.54 Å². The van der Waals surface area contributed by atoms with Gasteiger partial charge in [0, 0.05) is 45.0 Å². The Kier molecular flexibility index (Phi) is 8.25. The number of aryl methyl sites for hydroxylation is 2. The van der Waals surface area contributed by atoms with Crippen LogP contribution < -0.4 is 15.0 Å². The summed E-state index contributed by atoms with van der Waals surface area (Å²) in [6, 6.07) is 17.0. The molecule has 6 heteroatoms. The Balaban J connectivity index is 1.19. The third kappa shape index (κ3) is 6.19. The van der Waals surface area contributed by atoms with Gasteiger partial charge < -0.3 is 15.0 Å². The standard InChI is InChI=1S/C28H35N3O2S/c1-21-7-4-10-26(23(21)3)31-15-13-30(14-16-31)20-24-8-5-9-25(19-24)33-17-6-12-29-28(32)27-22(2)11-18-34-27/h4-5,7-11,18-19H,6,12-17,20H2,1-3H3,(H,29,32). The van der Waals surface area contributed by atoms with Crippen LogP contribution in [-0.4, -0.2) is 50.1 Å². The zero-order valence-electron chi connectivity index (χ0n) is 20.5. The van der Waals surface area contributed by atoms with Crippen molar-refractivity contribution < 1.29 is 9.53 Å². The van der Waals surface area contributed by atoms with Crippen molar-refractivity contribution in [1.82, 2.24) is 10.2 Å². The van der Waals surface area contributed by atoms with Crippen LogP contribution in [0, 0.1) is 20.8 Å². The average Bonchev–Trinajstić information content (AvgIpc) is 3.27. The normalized spacial score (nSPS) is 14.3. The number of carbonyl (C=O) groups is 1. The zero-order chi connectivity index (χ0) is 23.9. The number of nitrogens with one attached hydrogen (secondary N) is 1.